The Morgan fingerprint density at radius 3 is 2.42 bits per heavy atom. The summed E-state index contributed by atoms with van der Waals surface area (Å²) in [4.78, 5) is 25.5. The van der Waals surface area contributed by atoms with Gasteiger partial charge in [0.1, 0.15) is 0 Å². The van der Waals surface area contributed by atoms with Crippen molar-refractivity contribution in [3.05, 3.63) is 69.9 Å². The molecule has 0 radical (unpaired) electrons. The first-order chi connectivity index (χ1) is 12.6. The molecule has 1 aliphatic carbocycles. The minimum Gasteiger partial charge on any atom is -0.481 e. The van der Waals surface area contributed by atoms with Gasteiger partial charge in [-0.2, -0.15) is 0 Å². The van der Waals surface area contributed by atoms with Gasteiger partial charge >= 0.3 is 5.97 Å². The van der Waals surface area contributed by atoms with Crippen LogP contribution in [0.15, 0.2) is 53.9 Å². The van der Waals surface area contributed by atoms with Crippen molar-refractivity contribution in [1.82, 2.24) is 5.32 Å². The van der Waals surface area contributed by atoms with E-state index in [0.29, 0.717) is 12.8 Å². The summed E-state index contributed by atoms with van der Waals surface area (Å²) in [5.74, 6) is -2.30. The Hall–Kier alpha value is -2.40. The molecule has 26 heavy (non-hydrogen) atoms. The van der Waals surface area contributed by atoms with Gasteiger partial charge in [-0.15, -0.1) is 11.3 Å². The van der Waals surface area contributed by atoms with E-state index in [-0.39, 0.29) is 11.9 Å². The van der Waals surface area contributed by atoms with Crippen LogP contribution in [0.3, 0.4) is 0 Å². The number of allylic oxidation sites excluding steroid dienone is 2. The van der Waals surface area contributed by atoms with E-state index in [1.54, 1.807) is 11.3 Å². The maximum absolute atomic E-state index is 12.9. The van der Waals surface area contributed by atoms with Crippen LogP contribution in [0.25, 0.3) is 0 Å². The lowest BCUT2D eigenvalue weighted by atomic mass is 9.82. The molecule has 3 atom stereocenters. The fraction of sp³-hybridized carbons (Fsp3) is 0.333. The van der Waals surface area contributed by atoms with Crippen LogP contribution in [0.2, 0.25) is 0 Å². The third-order valence-corrected chi connectivity index (χ3v) is 5.86. The second kappa shape index (κ2) is 8.32. The van der Waals surface area contributed by atoms with Gasteiger partial charge in [-0.05, 0) is 41.8 Å². The molecule has 0 bridgehead atoms. The third kappa shape index (κ3) is 4.05. The minimum atomic E-state index is -0.908. The summed E-state index contributed by atoms with van der Waals surface area (Å²) in [6.45, 7) is 2.11. The van der Waals surface area contributed by atoms with Gasteiger partial charge in [0.2, 0.25) is 5.91 Å². The van der Waals surface area contributed by atoms with Gasteiger partial charge in [0.25, 0.3) is 0 Å². The van der Waals surface area contributed by atoms with E-state index in [2.05, 4.69) is 24.4 Å². The van der Waals surface area contributed by atoms with Crippen molar-refractivity contribution in [2.24, 2.45) is 11.8 Å². The lowest BCUT2D eigenvalue weighted by Gasteiger charge is -2.27. The number of thiophene rings is 1. The van der Waals surface area contributed by atoms with Gasteiger partial charge in [-0.3, -0.25) is 9.59 Å². The van der Waals surface area contributed by atoms with Crippen molar-refractivity contribution in [1.29, 1.82) is 0 Å². The number of aryl methyl sites for hydroxylation is 1. The second-order valence-corrected chi connectivity index (χ2v) is 7.53. The molecule has 0 spiro atoms. The van der Waals surface area contributed by atoms with Gasteiger partial charge in [0, 0.05) is 4.88 Å². The zero-order chi connectivity index (χ0) is 18.5. The van der Waals surface area contributed by atoms with E-state index < -0.39 is 17.8 Å². The van der Waals surface area contributed by atoms with Crippen molar-refractivity contribution >= 4 is 23.2 Å². The molecular weight excluding hydrogens is 346 g/mol. The number of hydrogen-bond acceptors (Lipinski definition) is 3. The fourth-order valence-electron chi connectivity index (χ4n) is 3.35. The van der Waals surface area contributed by atoms with Crippen molar-refractivity contribution < 1.29 is 14.7 Å². The number of amides is 1. The van der Waals surface area contributed by atoms with Crippen LogP contribution in [0.4, 0.5) is 0 Å². The molecule has 1 aromatic carbocycles. The van der Waals surface area contributed by atoms with Gasteiger partial charge in [0.15, 0.2) is 0 Å². The van der Waals surface area contributed by atoms with Crippen molar-refractivity contribution in [2.45, 2.75) is 32.2 Å². The van der Waals surface area contributed by atoms with E-state index in [1.807, 2.05) is 41.8 Å². The highest BCUT2D eigenvalue weighted by Gasteiger charge is 2.35. The Labute approximate surface area is 157 Å². The molecule has 0 saturated carbocycles. The molecule has 1 aliphatic rings. The summed E-state index contributed by atoms with van der Waals surface area (Å²) < 4.78 is 0. The maximum atomic E-state index is 12.9. The van der Waals surface area contributed by atoms with E-state index in [0.717, 1.165) is 16.9 Å². The largest absolute Gasteiger partial charge is 0.481 e. The molecule has 1 heterocycles. The third-order valence-electron chi connectivity index (χ3n) is 4.92. The number of hydrogen-bond donors (Lipinski definition) is 2. The van der Waals surface area contributed by atoms with E-state index >= 15 is 0 Å². The average molecular weight is 369 g/mol. The van der Waals surface area contributed by atoms with Crippen LogP contribution in [0.5, 0.6) is 0 Å². The van der Waals surface area contributed by atoms with Gasteiger partial charge in [0.05, 0.1) is 17.9 Å². The predicted octanol–water partition coefficient (Wildman–Crippen LogP) is 4.18. The molecule has 136 valence electrons. The Morgan fingerprint density at radius 2 is 1.85 bits per heavy atom. The number of carboxylic acids is 1. The van der Waals surface area contributed by atoms with Crippen LogP contribution < -0.4 is 5.32 Å². The van der Waals surface area contributed by atoms with Crippen LogP contribution in [0, 0.1) is 11.8 Å². The summed E-state index contributed by atoms with van der Waals surface area (Å²) in [7, 11) is 0. The molecule has 1 amide bonds. The zero-order valence-electron chi connectivity index (χ0n) is 14.7. The topological polar surface area (TPSA) is 66.4 Å². The first kappa shape index (κ1) is 18.4. The highest BCUT2D eigenvalue weighted by atomic mass is 32.1. The van der Waals surface area contributed by atoms with Crippen LogP contribution in [-0.4, -0.2) is 17.0 Å². The first-order valence-electron chi connectivity index (χ1n) is 8.90. The summed E-state index contributed by atoms with van der Waals surface area (Å²) in [5, 5.41) is 14.5. The van der Waals surface area contributed by atoms with Crippen LogP contribution >= 0.6 is 11.3 Å². The number of nitrogens with one attached hydrogen (secondary N) is 1. The number of aliphatic carboxylic acids is 1. The van der Waals surface area contributed by atoms with Gasteiger partial charge in [-0.1, -0.05) is 49.4 Å². The molecule has 2 N–H and O–H groups in total. The number of carbonyl (C=O) groups excluding carboxylic acids is 1. The molecule has 0 fully saturated rings. The van der Waals surface area contributed by atoms with Crippen LogP contribution in [0.1, 0.15) is 41.8 Å². The molecule has 2 aromatic rings. The Morgan fingerprint density at radius 1 is 1.15 bits per heavy atom. The van der Waals surface area contributed by atoms with E-state index in [9.17, 15) is 14.7 Å². The smallest absolute Gasteiger partial charge is 0.307 e. The fourth-order valence-corrected chi connectivity index (χ4v) is 4.15. The molecule has 4 nitrogen and oxygen atoms in total. The Balaban J connectivity index is 1.84. The quantitative estimate of drug-likeness (QED) is 0.751. The highest BCUT2D eigenvalue weighted by Crippen LogP contribution is 2.30. The number of rotatable bonds is 6. The first-order valence-corrected chi connectivity index (χ1v) is 9.78. The normalized spacial score (nSPS) is 20.5. The molecule has 0 saturated heterocycles. The lowest BCUT2D eigenvalue weighted by Crippen LogP contribution is -2.40. The summed E-state index contributed by atoms with van der Waals surface area (Å²) in [5.41, 5.74) is 2.25. The monoisotopic (exact) mass is 369 g/mol. The molecular formula is C21H23NO3S. The number of carboxylic acid groups (broad SMARTS) is 1. The number of carbonyl (C=O) groups is 2. The molecule has 3 rings (SSSR count). The van der Waals surface area contributed by atoms with E-state index in [1.165, 1.54) is 5.56 Å². The number of benzene rings is 1. The SMILES string of the molecule is CCc1ccc(C(NC(=O)C2CC=CCC2C(=O)O)c2cccs2)cc1. The molecule has 5 heteroatoms. The highest BCUT2D eigenvalue weighted by molar-refractivity contribution is 7.10. The average Bonchev–Trinajstić information content (AvgIpc) is 3.20. The summed E-state index contributed by atoms with van der Waals surface area (Å²) in [6, 6.07) is 11.9. The molecule has 1 aromatic heterocycles. The van der Waals surface area contributed by atoms with E-state index in [4.69, 9.17) is 0 Å². The van der Waals surface area contributed by atoms with Gasteiger partial charge < -0.3 is 10.4 Å². The van der Waals surface area contributed by atoms with Gasteiger partial charge in [-0.25, -0.2) is 0 Å². The second-order valence-electron chi connectivity index (χ2n) is 6.55. The Bertz CT molecular complexity index is 780. The summed E-state index contributed by atoms with van der Waals surface area (Å²) in [6.07, 6.45) is 5.59. The Kier molecular flexibility index (Phi) is 5.89. The lowest BCUT2D eigenvalue weighted by molar-refractivity contribution is -0.147. The molecule has 3 unspecified atom stereocenters. The summed E-state index contributed by atoms with van der Waals surface area (Å²) >= 11 is 1.59. The van der Waals surface area contributed by atoms with Crippen molar-refractivity contribution in [2.75, 3.05) is 0 Å². The zero-order valence-corrected chi connectivity index (χ0v) is 15.5. The standard InChI is InChI=1S/C21H23NO3S/c1-2-14-9-11-15(12-10-14)19(18-8-5-13-26-18)22-20(23)16-6-3-4-7-17(16)21(24)25/h3-5,8-13,16-17,19H,2,6-7H2,1H3,(H,22,23)(H,24,25). The van der Waals surface area contributed by atoms with Crippen molar-refractivity contribution in [3.63, 3.8) is 0 Å². The molecule has 0 aliphatic heterocycles. The van der Waals surface area contributed by atoms with Crippen LogP contribution in [-0.2, 0) is 16.0 Å². The minimum absolute atomic E-state index is 0.195. The maximum Gasteiger partial charge on any atom is 0.307 e. The predicted molar refractivity (Wildman–Crippen MR) is 103 cm³/mol. The van der Waals surface area contributed by atoms with Crippen molar-refractivity contribution in [3.8, 4) is 0 Å².